The zero-order valence-corrected chi connectivity index (χ0v) is 13.4. The minimum Gasteiger partial charge on any atom is -0.302 e. The third-order valence-corrected chi connectivity index (χ3v) is 4.30. The quantitative estimate of drug-likeness (QED) is 0.678. The molecule has 2 heterocycles. The van der Waals surface area contributed by atoms with E-state index < -0.39 is 0 Å². The number of halogens is 1. The SMILES string of the molecule is CCn1nc(-c2ccc(Cl)cc2)c(-n2ccnc2)c1SC. The predicted molar refractivity (Wildman–Crippen MR) is 87.3 cm³/mol. The zero-order chi connectivity index (χ0) is 14.8. The van der Waals surface area contributed by atoms with E-state index in [4.69, 9.17) is 16.7 Å². The Kier molecular flexibility index (Phi) is 4.03. The van der Waals surface area contributed by atoms with Crippen molar-refractivity contribution in [1.82, 2.24) is 19.3 Å². The Bertz CT molecular complexity index is 732. The molecule has 0 aliphatic heterocycles. The van der Waals surface area contributed by atoms with Gasteiger partial charge in [-0.2, -0.15) is 5.10 Å². The minimum absolute atomic E-state index is 0.725. The molecule has 0 radical (unpaired) electrons. The van der Waals surface area contributed by atoms with Crippen LogP contribution in [0.25, 0.3) is 16.9 Å². The monoisotopic (exact) mass is 318 g/mol. The van der Waals surface area contributed by atoms with Crippen molar-refractivity contribution in [3.8, 4) is 16.9 Å². The first-order valence-electron chi connectivity index (χ1n) is 6.63. The van der Waals surface area contributed by atoms with E-state index in [-0.39, 0.29) is 0 Å². The van der Waals surface area contributed by atoms with Crippen LogP contribution in [-0.4, -0.2) is 25.6 Å². The van der Waals surface area contributed by atoms with Crippen LogP contribution in [0.2, 0.25) is 5.02 Å². The molecule has 4 nitrogen and oxygen atoms in total. The molecule has 0 saturated carbocycles. The van der Waals surface area contributed by atoms with E-state index >= 15 is 0 Å². The minimum atomic E-state index is 0.725. The molecule has 0 atom stereocenters. The second kappa shape index (κ2) is 5.95. The van der Waals surface area contributed by atoms with Crippen molar-refractivity contribution in [3.63, 3.8) is 0 Å². The molecule has 108 valence electrons. The molecule has 0 fully saturated rings. The number of thioether (sulfide) groups is 1. The van der Waals surface area contributed by atoms with Crippen molar-refractivity contribution in [2.24, 2.45) is 0 Å². The summed E-state index contributed by atoms with van der Waals surface area (Å²) in [5.41, 5.74) is 3.05. The summed E-state index contributed by atoms with van der Waals surface area (Å²) in [5.74, 6) is 0. The van der Waals surface area contributed by atoms with Gasteiger partial charge in [-0.3, -0.25) is 4.68 Å². The number of aryl methyl sites for hydroxylation is 1. The van der Waals surface area contributed by atoms with Crippen LogP contribution in [0, 0.1) is 0 Å². The summed E-state index contributed by atoms with van der Waals surface area (Å²) in [6, 6.07) is 7.76. The Morgan fingerprint density at radius 3 is 2.57 bits per heavy atom. The number of imidazole rings is 1. The third-order valence-electron chi connectivity index (χ3n) is 3.26. The van der Waals surface area contributed by atoms with Gasteiger partial charge >= 0.3 is 0 Å². The average molecular weight is 319 g/mol. The van der Waals surface area contributed by atoms with Gasteiger partial charge in [0.2, 0.25) is 0 Å². The van der Waals surface area contributed by atoms with Crippen molar-refractivity contribution >= 4 is 23.4 Å². The lowest BCUT2D eigenvalue weighted by atomic mass is 10.1. The molecule has 0 N–H and O–H groups in total. The first kappa shape index (κ1) is 14.2. The molecule has 3 rings (SSSR count). The standard InChI is InChI=1S/C15H15ClN4S/c1-3-20-15(21-2)14(19-9-8-17-10-19)13(18-20)11-4-6-12(16)7-5-11/h4-10H,3H2,1-2H3. The van der Waals surface area contributed by atoms with Gasteiger partial charge in [-0.1, -0.05) is 23.7 Å². The van der Waals surface area contributed by atoms with E-state index in [1.807, 2.05) is 39.7 Å². The number of hydrogen-bond donors (Lipinski definition) is 0. The lowest BCUT2D eigenvalue weighted by molar-refractivity contribution is 0.605. The summed E-state index contributed by atoms with van der Waals surface area (Å²) in [4.78, 5) is 4.15. The molecular weight excluding hydrogens is 304 g/mol. The Morgan fingerprint density at radius 2 is 2.00 bits per heavy atom. The van der Waals surface area contributed by atoms with E-state index in [9.17, 15) is 0 Å². The van der Waals surface area contributed by atoms with E-state index in [0.717, 1.165) is 33.5 Å². The van der Waals surface area contributed by atoms with Crippen LogP contribution in [0.15, 0.2) is 48.0 Å². The predicted octanol–water partition coefficient (Wildman–Crippen LogP) is 4.13. The molecule has 0 unspecified atom stereocenters. The smallest absolute Gasteiger partial charge is 0.119 e. The van der Waals surface area contributed by atoms with Gasteiger partial charge in [-0.25, -0.2) is 4.98 Å². The lowest BCUT2D eigenvalue weighted by Gasteiger charge is -2.06. The number of nitrogens with zero attached hydrogens (tertiary/aromatic N) is 4. The van der Waals surface area contributed by atoms with Crippen LogP contribution < -0.4 is 0 Å². The number of benzene rings is 1. The molecule has 21 heavy (non-hydrogen) atoms. The first-order valence-corrected chi connectivity index (χ1v) is 8.24. The van der Waals surface area contributed by atoms with Gasteiger partial charge in [0, 0.05) is 29.5 Å². The van der Waals surface area contributed by atoms with Crippen LogP contribution in [0.4, 0.5) is 0 Å². The molecule has 3 aromatic rings. The average Bonchev–Trinajstić information content (AvgIpc) is 3.14. The van der Waals surface area contributed by atoms with Gasteiger partial charge in [0.25, 0.3) is 0 Å². The lowest BCUT2D eigenvalue weighted by Crippen LogP contribution is -1.99. The van der Waals surface area contributed by atoms with Crippen LogP contribution in [0.3, 0.4) is 0 Å². The molecule has 0 spiro atoms. The Morgan fingerprint density at radius 1 is 1.24 bits per heavy atom. The number of aromatic nitrogens is 4. The van der Waals surface area contributed by atoms with Gasteiger partial charge in [-0.05, 0) is 25.3 Å². The first-order chi connectivity index (χ1) is 10.2. The van der Waals surface area contributed by atoms with Gasteiger partial charge in [0.05, 0.1) is 6.33 Å². The Hall–Kier alpha value is -1.72. The van der Waals surface area contributed by atoms with Gasteiger partial charge < -0.3 is 4.57 Å². The van der Waals surface area contributed by atoms with E-state index in [2.05, 4.69) is 18.2 Å². The highest BCUT2D eigenvalue weighted by molar-refractivity contribution is 7.98. The molecule has 1 aromatic carbocycles. The summed E-state index contributed by atoms with van der Waals surface area (Å²) in [6.07, 6.45) is 7.58. The number of hydrogen-bond acceptors (Lipinski definition) is 3. The summed E-state index contributed by atoms with van der Waals surface area (Å²) in [6.45, 7) is 2.92. The molecule has 0 bridgehead atoms. The second-order valence-electron chi connectivity index (χ2n) is 4.50. The van der Waals surface area contributed by atoms with Crippen molar-refractivity contribution in [1.29, 1.82) is 0 Å². The van der Waals surface area contributed by atoms with Gasteiger partial charge in [0.15, 0.2) is 0 Å². The fraction of sp³-hybridized carbons (Fsp3) is 0.200. The van der Waals surface area contributed by atoms with Crippen molar-refractivity contribution in [3.05, 3.63) is 48.0 Å². The zero-order valence-electron chi connectivity index (χ0n) is 11.8. The van der Waals surface area contributed by atoms with Crippen molar-refractivity contribution in [2.75, 3.05) is 6.26 Å². The molecule has 0 aliphatic rings. The van der Waals surface area contributed by atoms with Crippen LogP contribution in [0.1, 0.15) is 6.92 Å². The highest BCUT2D eigenvalue weighted by Gasteiger charge is 2.19. The van der Waals surface area contributed by atoms with E-state index in [1.54, 1.807) is 24.3 Å². The molecular formula is C15H15ClN4S. The Balaban J connectivity index is 2.24. The highest BCUT2D eigenvalue weighted by Crippen LogP contribution is 2.34. The van der Waals surface area contributed by atoms with E-state index in [0.29, 0.717) is 0 Å². The summed E-state index contributed by atoms with van der Waals surface area (Å²) in [5, 5.41) is 6.61. The van der Waals surface area contributed by atoms with Gasteiger partial charge in [0.1, 0.15) is 16.4 Å². The van der Waals surface area contributed by atoms with Crippen molar-refractivity contribution in [2.45, 2.75) is 18.5 Å². The molecule has 0 saturated heterocycles. The molecule has 0 aliphatic carbocycles. The summed E-state index contributed by atoms with van der Waals surface area (Å²) < 4.78 is 4.03. The largest absolute Gasteiger partial charge is 0.302 e. The third kappa shape index (κ3) is 2.59. The Labute approximate surface area is 132 Å². The fourth-order valence-corrected chi connectivity index (χ4v) is 3.18. The maximum Gasteiger partial charge on any atom is 0.119 e. The fourth-order valence-electron chi connectivity index (χ4n) is 2.28. The van der Waals surface area contributed by atoms with E-state index in [1.165, 1.54) is 0 Å². The summed E-state index contributed by atoms with van der Waals surface area (Å²) >= 11 is 7.67. The summed E-state index contributed by atoms with van der Waals surface area (Å²) in [7, 11) is 0. The van der Waals surface area contributed by atoms with Crippen molar-refractivity contribution < 1.29 is 0 Å². The molecule has 0 amide bonds. The maximum atomic E-state index is 5.98. The second-order valence-corrected chi connectivity index (χ2v) is 5.73. The molecule has 6 heteroatoms. The van der Waals surface area contributed by atoms with Gasteiger partial charge in [-0.15, -0.1) is 11.8 Å². The molecule has 2 aromatic heterocycles. The topological polar surface area (TPSA) is 35.6 Å². The normalized spacial score (nSPS) is 11.0. The maximum absolute atomic E-state index is 5.98. The van der Waals surface area contributed by atoms with Crippen LogP contribution >= 0.6 is 23.4 Å². The van der Waals surface area contributed by atoms with Crippen LogP contribution in [0.5, 0.6) is 0 Å². The number of rotatable bonds is 4. The van der Waals surface area contributed by atoms with Crippen LogP contribution in [-0.2, 0) is 6.54 Å². The highest BCUT2D eigenvalue weighted by atomic mass is 35.5.